The second kappa shape index (κ2) is 7.90. The highest BCUT2D eigenvalue weighted by Gasteiger charge is 2.51. The molecule has 1 fully saturated rings. The summed E-state index contributed by atoms with van der Waals surface area (Å²) in [4.78, 5) is 29.1. The molecule has 0 spiro atoms. The van der Waals surface area contributed by atoms with Crippen molar-refractivity contribution in [1.29, 1.82) is 0 Å². The Balaban J connectivity index is 1.58. The van der Waals surface area contributed by atoms with Crippen LogP contribution in [0.1, 0.15) is 49.1 Å². The Morgan fingerprint density at radius 3 is 2.67 bits per heavy atom. The van der Waals surface area contributed by atoms with Gasteiger partial charge in [0.15, 0.2) is 5.78 Å². The van der Waals surface area contributed by atoms with E-state index in [1.165, 1.54) is 18.6 Å². The van der Waals surface area contributed by atoms with E-state index in [4.69, 9.17) is 4.74 Å². The predicted octanol–water partition coefficient (Wildman–Crippen LogP) is 4.54. The molecular formula is C25H26N2O3. The molecule has 2 aliphatic rings. The first-order valence-electron chi connectivity index (χ1n) is 10.3. The number of hydrogen-bond donors (Lipinski definition) is 1. The Morgan fingerprint density at radius 2 is 1.97 bits per heavy atom. The number of amides is 1. The molecule has 1 aromatic carbocycles. The quantitative estimate of drug-likeness (QED) is 0.569. The molecule has 30 heavy (non-hydrogen) atoms. The van der Waals surface area contributed by atoms with E-state index < -0.39 is 5.41 Å². The Labute approximate surface area is 176 Å². The number of benzene rings is 1. The van der Waals surface area contributed by atoms with Crippen LogP contribution in [0.15, 0.2) is 48.6 Å². The fraction of sp³-hybridized carbons (Fsp3) is 0.320. The third kappa shape index (κ3) is 3.92. The number of pyridine rings is 1. The average Bonchev–Trinajstić information content (AvgIpc) is 3.39. The zero-order valence-corrected chi connectivity index (χ0v) is 17.6. The molecular weight excluding hydrogens is 376 g/mol. The van der Waals surface area contributed by atoms with Gasteiger partial charge in [0.2, 0.25) is 5.91 Å². The summed E-state index contributed by atoms with van der Waals surface area (Å²) in [5.74, 6) is 1.36. The minimum atomic E-state index is -0.509. The molecule has 0 unspecified atom stereocenters. The maximum atomic E-state index is 13.2. The van der Waals surface area contributed by atoms with Gasteiger partial charge in [-0.3, -0.25) is 9.59 Å². The molecule has 1 aromatic heterocycles. The molecule has 4 rings (SSSR count). The second-order valence-corrected chi connectivity index (χ2v) is 8.06. The van der Waals surface area contributed by atoms with Crippen molar-refractivity contribution in [3.8, 4) is 5.75 Å². The number of allylic oxidation sites excluding steroid dienone is 4. The fourth-order valence-corrected chi connectivity index (χ4v) is 3.89. The monoisotopic (exact) mass is 402 g/mol. The first kappa shape index (κ1) is 20.1. The number of fused-ring (bicyclic) bond motifs is 1. The van der Waals surface area contributed by atoms with E-state index in [1.54, 1.807) is 6.08 Å². The molecule has 2 aromatic rings. The summed E-state index contributed by atoms with van der Waals surface area (Å²) < 4.78 is 5.69. The van der Waals surface area contributed by atoms with Crippen LogP contribution in [0.2, 0.25) is 0 Å². The number of hydrogen-bond acceptors (Lipinski definition) is 4. The van der Waals surface area contributed by atoms with Gasteiger partial charge in [0, 0.05) is 6.42 Å². The summed E-state index contributed by atoms with van der Waals surface area (Å²) in [6.07, 6.45) is 7.74. The summed E-state index contributed by atoms with van der Waals surface area (Å²) >= 11 is 0. The minimum absolute atomic E-state index is 0.0236. The highest BCUT2D eigenvalue weighted by molar-refractivity contribution is 6.01. The standard InChI is InChI=1S/C25H26N2O3/c1-4-18(6-5-17(3)28)21-13-16(2)14-23(26-21)27-24(29)25(10-11-25)20-8-7-19-9-12-30-22(19)15-20/h4-8,13-15H,9-12H2,1-3H3,(H,26,27,29)/b6-5-,18-4+. The molecule has 0 saturated heterocycles. The van der Waals surface area contributed by atoms with Crippen molar-refractivity contribution in [3.05, 3.63) is 70.9 Å². The maximum absolute atomic E-state index is 13.2. The van der Waals surface area contributed by atoms with E-state index in [1.807, 2.05) is 38.1 Å². The van der Waals surface area contributed by atoms with Crippen molar-refractivity contribution in [2.75, 3.05) is 11.9 Å². The molecule has 0 radical (unpaired) electrons. The molecule has 1 aliphatic heterocycles. The lowest BCUT2D eigenvalue weighted by Gasteiger charge is -2.17. The van der Waals surface area contributed by atoms with E-state index in [0.29, 0.717) is 12.4 Å². The highest BCUT2D eigenvalue weighted by Crippen LogP contribution is 2.50. The van der Waals surface area contributed by atoms with Crippen LogP contribution < -0.4 is 10.1 Å². The number of ketones is 1. The highest BCUT2D eigenvalue weighted by atomic mass is 16.5. The van der Waals surface area contributed by atoms with Crippen LogP contribution in [0.5, 0.6) is 5.75 Å². The van der Waals surface area contributed by atoms with Crippen molar-refractivity contribution < 1.29 is 14.3 Å². The lowest BCUT2D eigenvalue weighted by Crippen LogP contribution is -2.28. The van der Waals surface area contributed by atoms with Crippen LogP contribution >= 0.6 is 0 Å². The van der Waals surface area contributed by atoms with Gasteiger partial charge in [-0.1, -0.05) is 18.2 Å². The minimum Gasteiger partial charge on any atom is -0.493 e. The SMILES string of the molecule is C/C=C(\C=C/C(C)=O)c1cc(C)cc(NC(=O)C2(c3ccc4c(c3)OCC4)CC2)n1. The smallest absolute Gasteiger partial charge is 0.236 e. The molecule has 1 aliphatic carbocycles. The number of anilines is 1. The molecule has 5 nitrogen and oxygen atoms in total. The van der Waals surface area contributed by atoms with Gasteiger partial charge in [0.1, 0.15) is 11.6 Å². The van der Waals surface area contributed by atoms with Crippen LogP contribution in [0.4, 0.5) is 5.82 Å². The number of carbonyl (C=O) groups is 2. The maximum Gasteiger partial charge on any atom is 0.236 e. The zero-order valence-electron chi connectivity index (χ0n) is 17.6. The second-order valence-electron chi connectivity index (χ2n) is 8.06. The summed E-state index contributed by atoms with van der Waals surface area (Å²) in [5, 5.41) is 3.03. The van der Waals surface area contributed by atoms with Crippen molar-refractivity contribution in [2.24, 2.45) is 0 Å². The number of rotatable bonds is 6. The molecule has 2 heterocycles. The predicted molar refractivity (Wildman–Crippen MR) is 118 cm³/mol. The third-order valence-electron chi connectivity index (χ3n) is 5.75. The van der Waals surface area contributed by atoms with Crippen LogP contribution in [0.3, 0.4) is 0 Å². The van der Waals surface area contributed by atoms with Gasteiger partial charge in [-0.15, -0.1) is 0 Å². The Bertz CT molecular complexity index is 1080. The molecule has 1 N–H and O–H groups in total. The topological polar surface area (TPSA) is 68.3 Å². The van der Waals surface area contributed by atoms with E-state index in [2.05, 4.69) is 22.4 Å². The first-order chi connectivity index (χ1) is 14.4. The van der Waals surface area contributed by atoms with Gasteiger partial charge in [-0.2, -0.15) is 0 Å². The lowest BCUT2D eigenvalue weighted by molar-refractivity contribution is -0.118. The van der Waals surface area contributed by atoms with E-state index in [-0.39, 0.29) is 11.7 Å². The zero-order chi connectivity index (χ0) is 21.3. The largest absolute Gasteiger partial charge is 0.493 e. The first-order valence-corrected chi connectivity index (χ1v) is 10.3. The Kier molecular flexibility index (Phi) is 5.29. The molecule has 1 amide bonds. The van der Waals surface area contributed by atoms with Gasteiger partial charge < -0.3 is 10.1 Å². The van der Waals surface area contributed by atoms with E-state index in [0.717, 1.165) is 47.4 Å². The normalized spacial score (nSPS) is 16.8. The number of ether oxygens (including phenoxy) is 1. The van der Waals surface area contributed by atoms with Gasteiger partial charge in [0.05, 0.1) is 17.7 Å². The van der Waals surface area contributed by atoms with Crippen molar-refractivity contribution in [2.45, 2.75) is 45.4 Å². The van der Waals surface area contributed by atoms with Crippen LogP contribution in [-0.4, -0.2) is 23.3 Å². The van der Waals surface area contributed by atoms with Gasteiger partial charge >= 0.3 is 0 Å². The number of carbonyl (C=O) groups excluding carboxylic acids is 2. The molecule has 0 bridgehead atoms. The number of nitrogens with one attached hydrogen (secondary N) is 1. The number of aromatic nitrogens is 1. The summed E-state index contributed by atoms with van der Waals surface area (Å²) in [6, 6.07) is 9.97. The summed E-state index contributed by atoms with van der Waals surface area (Å²) in [5.41, 5.74) is 4.25. The van der Waals surface area contributed by atoms with Crippen molar-refractivity contribution in [3.63, 3.8) is 0 Å². The summed E-state index contributed by atoms with van der Waals surface area (Å²) in [6.45, 7) is 6.09. The van der Waals surface area contributed by atoms with E-state index >= 15 is 0 Å². The van der Waals surface area contributed by atoms with Gasteiger partial charge in [-0.05, 0) is 86.2 Å². The molecule has 1 saturated carbocycles. The van der Waals surface area contributed by atoms with Crippen LogP contribution in [-0.2, 0) is 21.4 Å². The van der Waals surface area contributed by atoms with Crippen molar-refractivity contribution >= 4 is 23.1 Å². The van der Waals surface area contributed by atoms with Crippen LogP contribution in [0, 0.1) is 6.92 Å². The molecule has 154 valence electrons. The molecule has 5 heteroatoms. The van der Waals surface area contributed by atoms with Crippen molar-refractivity contribution in [1.82, 2.24) is 4.98 Å². The fourth-order valence-electron chi connectivity index (χ4n) is 3.89. The lowest BCUT2D eigenvalue weighted by atomic mass is 9.93. The van der Waals surface area contributed by atoms with Gasteiger partial charge in [0.25, 0.3) is 0 Å². The van der Waals surface area contributed by atoms with E-state index in [9.17, 15) is 9.59 Å². The number of nitrogens with zero attached hydrogens (tertiary/aromatic N) is 1. The summed E-state index contributed by atoms with van der Waals surface area (Å²) in [7, 11) is 0. The van der Waals surface area contributed by atoms with Gasteiger partial charge in [-0.25, -0.2) is 4.98 Å². The Morgan fingerprint density at radius 1 is 1.17 bits per heavy atom. The third-order valence-corrected chi connectivity index (χ3v) is 5.75. The van der Waals surface area contributed by atoms with Crippen LogP contribution in [0.25, 0.3) is 5.57 Å². The number of aryl methyl sites for hydroxylation is 1. The Hall–Kier alpha value is -3.21. The average molecular weight is 402 g/mol. The molecule has 0 atom stereocenters.